The van der Waals surface area contributed by atoms with Crippen LogP contribution in [0.3, 0.4) is 0 Å². The van der Waals surface area contributed by atoms with Gasteiger partial charge >= 0.3 is 0 Å². The number of phenols is 1. The topological polar surface area (TPSA) is 80.8 Å². The smallest absolute Gasteiger partial charge is 0.124 e. The largest absolute Gasteiger partial charge is 0.633 e. The van der Waals surface area contributed by atoms with E-state index in [4.69, 9.17) is 11.6 Å². The maximum Gasteiger partial charge on any atom is 0.124 e. The summed E-state index contributed by atoms with van der Waals surface area (Å²) in [6.45, 7) is 4.72. The average molecular weight is 388 g/mol. The summed E-state index contributed by atoms with van der Waals surface area (Å²) in [4.78, 5) is 4.64. The Morgan fingerprint density at radius 3 is 2.56 bits per heavy atom. The number of rotatable bonds is 5. The minimum atomic E-state index is -0.408. The fourth-order valence-electron chi connectivity index (χ4n) is 2.98. The quantitative estimate of drug-likeness (QED) is 0.388. The summed E-state index contributed by atoms with van der Waals surface area (Å²) in [5.41, 5.74) is 1.72. The number of aromatic hydroxyl groups is 1. The SMILES string of the molecule is CC[N+]([O-])(CC)Cc1cc(N=c2ccn(O)c3cc(Cl)ccc23)ccc1O. The Morgan fingerprint density at radius 1 is 1.11 bits per heavy atom. The molecule has 6 nitrogen and oxygen atoms in total. The molecule has 1 heterocycles. The monoisotopic (exact) mass is 387 g/mol. The molecule has 0 saturated carbocycles. The third-order valence-electron chi connectivity index (χ3n) is 4.78. The van der Waals surface area contributed by atoms with Crippen LogP contribution in [-0.4, -0.2) is 32.8 Å². The van der Waals surface area contributed by atoms with Gasteiger partial charge < -0.3 is 20.2 Å². The zero-order valence-electron chi connectivity index (χ0n) is 15.3. The molecule has 3 rings (SSSR count). The Kier molecular flexibility index (Phi) is 5.41. The first-order valence-corrected chi connectivity index (χ1v) is 9.17. The second-order valence-electron chi connectivity index (χ2n) is 6.48. The van der Waals surface area contributed by atoms with E-state index in [1.807, 2.05) is 13.8 Å². The predicted molar refractivity (Wildman–Crippen MR) is 106 cm³/mol. The number of hydroxylamine groups is 3. The average Bonchev–Trinajstić information content (AvgIpc) is 2.66. The molecule has 0 bridgehead atoms. The maximum atomic E-state index is 12.6. The van der Waals surface area contributed by atoms with Crippen LogP contribution >= 0.6 is 11.6 Å². The minimum absolute atomic E-state index is 0.0899. The molecule has 0 amide bonds. The summed E-state index contributed by atoms with van der Waals surface area (Å²) >= 11 is 6.02. The van der Waals surface area contributed by atoms with E-state index in [0.717, 1.165) is 10.1 Å². The Labute approximate surface area is 162 Å². The van der Waals surface area contributed by atoms with E-state index < -0.39 is 4.65 Å². The zero-order chi connectivity index (χ0) is 19.6. The van der Waals surface area contributed by atoms with Crippen LogP contribution in [0.2, 0.25) is 5.02 Å². The number of benzene rings is 2. The van der Waals surface area contributed by atoms with Gasteiger partial charge in [0.1, 0.15) is 12.3 Å². The van der Waals surface area contributed by atoms with Crippen molar-refractivity contribution in [3.05, 3.63) is 69.8 Å². The third kappa shape index (κ3) is 4.08. The highest BCUT2D eigenvalue weighted by Crippen LogP contribution is 2.27. The first-order chi connectivity index (χ1) is 12.8. The molecule has 27 heavy (non-hydrogen) atoms. The molecule has 0 spiro atoms. The van der Waals surface area contributed by atoms with E-state index in [-0.39, 0.29) is 12.3 Å². The Bertz CT molecular complexity index is 1040. The minimum Gasteiger partial charge on any atom is -0.633 e. The highest BCUT2D eigenvalue weighted by Gasteiger charge is 2.15. The molecule has 1 aromatic heterocycles. The van der Waals surface area contributed by atoms with E-state index in [1.54, 1.807) is 42.5 Å². The number of nitrogens with zero attached hydrogens (tertiary/aromatic N) is 3. The fourth-order valence-corrected chi connectivity index (χ4v) is 3.15. The second kappa shape index (κ2) is 7.60. The third-order valence-corrected chi connectivity index (χ3v) is 5.02. The van der Waals surface area contributed by atoms with Crippen molar-refractivity contribution in [2.75, 3.05) is 13.1 Å². The molecule has 0 fully saturated rings. The van der Waals surface area contributed by atoms with Crippen molar-refractivity contribution in [3.63, 3.8) is 0 Å². The van der Waals surface area contributed by atoms with Gasteiger partial charge in [-0.1, -0.05) is 11.6 Å². The van der Waals surface area contributed by atoms with Crippen LogP contribution in [-0.2, 0) is 6.54 Å². The number of phenolic OH excluding ortho intramolecular Hbond substituents is 1. The first kappa shape index (κ1) is 19.2. The van der Waals surface area contributed by atoms with E-state index >= 15 is 0 Å². The summed E-state index contributed by atoms with van der Waals surface area (Å²) in [5, 5.41) is 34.7. The van der Waals surface area contributed by atoms with Crippen LogP contribution in [0.15, 0.2) is 53.7 Å². The van der Waals surface area contributed by atoms with Crippen LogP contribution in [0.5, 0.6) is 5.75 Å². The molecule has 142 valence electrons. The summed E-state index contributed by atoms with van der Waals surface area (Å²) in [6.07, 6.45) is 1.49. The lowest BCUT2D eigenvalue weighted by molar-refractivity contribution is -0.890. The molecule has 0 saturated heterocycles. The number of quaternary nitrogens is 1. The molecule has 0 radical (unpaired) electrons. The van der Waals surface area contributed by atoms with Crippen LogP contribution < -0.4 is 5.36 Å². The van der Waals surface area contributed by atoms with Gasteiger partial charge in [-0.25, -0.2) is 4.99 Å². The Balaban J connectivity index is 2.10. The number of pyridine rings is 1. The van der Waals surface area contributed by atoms with Crippen molar-refractivity contribution < 1.29 is 15.0 Å². The van der Waals surface area contributed by atoms with Crippen molar-refractivity contribution in [1.82, 2.24) is 4.73 Å². The molecule has 2 N–H and O–H groups in total. The van der Waals surface area contributed by atoms with Gasteiger partial charge in [0.2, 0.25) is 0 Å². The van der Waals surface area contributed by atoms with Gasteiger partial charge in [-0.05, 0) is 56.3 Å². The van der Waals surface area contributed by atoms with Crippen molar-refractivity contribution in [2.45, 2.75) is 20.4 Å². The second-order valence-corrected chi connectivity index (χ2v) is 6.92. The van der Waals surface area contributed by atoms with Gasteiger partial charge in [0.15, 0.2) is 0 Å². The van der Waals surface area contributed by atoms with Crippen molar-refractivity contribution in [3.8, 4) is 5.75 Å². The normalized spacial score (nSPS) is 12.7. The molecule has 0 atom stereocenters. The Morgan fingerprint density at radius 2 is 1.85 bits per heavy atom. The highest BCUT2D eigenvalue weighted by molar-refractivity contribution is 6.31. The van der Waals surface area contributed by atoms with Crippen LogP contribution in [0.4, 0.5) is 5.69 Å². The van der Waals surface area contributed by atoms with Crippen LogP contribution in [0, 0.1) is 5.21 Å². The predicted octanol–water partition coefficient (Wildman–Crippen LogP) is 4.32. The van der Waals surface area contributed by atoms with E-state index in [1.165, 1.54) is 6.20 Å². The van der Waals surface area contributed by atoms with Gasteiger partial charge in [-0.2, -0.15) is 4.73 Å². The summed E-state index contributed by atoms with van der Waals surface area (Å²) in [7, 11) is 0. The van der Waals surface area contributed by atoms with Gasteiger partial charge in [0.05, 0.1) is 35.2 Å². The van der Waals surface area contributed by atoms with Crippen LogP contribution in [0.1, 0.15) is 19.4 Å². The van der Waals surface area contributed by atoms with Gasteiger partial charge in [0.25, 0.3) is 0 Å². The lowest BCUT2D eigenvalue weighted by Crippen LogP contribution is -2.40. The van der Waals surface area contributed by atoms with Crippen molar-refractivity contribution >= 4 is 28.2 Å². The molecule has 7 heteroatoms. The molecule has 3 aromatic rings. The van der Waals surface area contributed by atoms with Gasteiger partial charge in [0, 0.05) is 16.6 Å². The van der Waals surface area contributed by atoms with Crippen molar-refractivity contribution in [2.24, 2.45) is 4.99 Å². The number of hydrogen-bond acceptors (Lipinski definition) is 4. The van der Waals surface area contributed by atoms with E-state index in [2.05, 4.69) is 4.99 Å². The summed E-state index contributed by atoms with van der Waals surface area (Å²) < 4.78 is 0.586. The van der Waals surface area contributed by atoms with Crippen LogP contribution in [0.25, 0.3) is 10.9 Å². The fraction of sp³-hybridized carbons (Fsp3) is 0.250. The standard InChI is InChI=1S/C20H22ClN3O3/c1-3-24(27,4-2)13-14-11-16(6-8-20(14)25)22-18-9-10-23(26)19-12-15(21)5-7-17(18)19/h5-12,25-26H,3-4,13H2,1-2H3. The molecule has 0 aliphatic carbocycles. The maximum absolute atomic E-state index is 12.6. The zero-order valence-corrected chi connectivity index (χ0v) is 16.0. The van der Waals surface area contributed by atoms with Crippen molar-refractivity contribution in [1.29, 1.82) is 0 Å². The summed E-state index contributed by atoms with van der Waals surface area (Å²) in [5.74, 6) is 0.0899. The molecular formula is C20H22ClN3O3. The van der Waals surface area contributed by atoms with Gasteiger partial charge in [-0.3, -0.25) is 0 Å². The van der Waals surface area contributed by atoms with E-state index in [0.29, 0.717) is 40.2 Å². The van der Waals surface area contributed by atoms with E-state index in [9.17, 15) is 15.5 Å². The number of fused-ring (bicyclic) bond motifs is 1. The summed E-state index contributed by atoms with van der Waals surface area (Å²) in [6, 6.07) is 11.8. The molecule has 2 aromatic carbocycles. The molecule has 0 unspecified atom stereocenters. The number of halogens is 1. The molecular weight excluding hydrogens is 366 g/mol. The highest BCUT2D eigenvalue weighted by atomic mass is 35.5. The number of hydrogen-bond donors (Lipinski definition) is 2. The lowest BCUT2D eigenvalue weighted by atomic mass is 10.1. The molecule has 0 aliphatic heterocycles. The lowest BCUT2D eigenvalue weighted by Gasteiger charge is -2.41. The molecule has 0 aliphatic rings. The Hall–Kier alpha value is -2.54. The number of aromatic nitrogens is 1. The van der Waals surface area contributed by atoms with Gasteiger partial charge in [-0.15, -0.1) is 0 Å². The first-order valence-electron chi connectivity index (χ1n) is 8.79.